The summed E-state index contributed by atoms with van der Waals surface area (Å²) in [5.41, 5.74) is 5.53. The van der Waals surface area contributed by atoms with Crippen LogP contribution in [0.3, 0.4) is 0 Å². The fourth-order valence-electron chi connectivity index (χ4n) is 2.74. The number of benzene rings is 1. The van der Waals surface area contributed by atoms with Crippen molar-refractivity contribution in [3.63, 3.8) is 0 Å². The Balaban J connectivity index is 1.63. The number of halogens is 2. The van der Waals surface area contributed by atoms with Gasteiger partial charge in [0.25, 0.3) is 5.91 Å². The predicted octanol–water partition coefficient (Wildman–Crippen LogP) is 2.77. The lowest BCUT2D eigenvalue weighted by molar-refractivity contribution is 0.0161. The summed E-state index contributed by atoms with van der Waals surface area (Å²) < 4.78 is 18.6. The highest BCUT2D eigenvalue weighted by Crippen LogP contribution is 2.40. The number of alkyl halides is 1. The largest absolute Gasteiger partial charge is 0.351 e. The summed E-state index contributed by atoms with van der Waals surface area (Å²) in [5, 5.41) is 6.90. The van der Waals surface area contributed by atoms with Gasteiger partial charge in [0.15, 0.2) is 0 Å². The van der Waals surface area contributed by atoms with Crippen molar-refractivity contribution in [1.82, 2.24) is 14.9 Å². The SMILES string of the molecule is NCC1(F)CC(CNC(=O)c2snnc2-c2ccc(Br)cc2)C1. The van der Waals surface area contributed by atoms with Crippen molar-refractivity contribution in [1.29, 1.82) is 0 Å². The maximum absolute atomic E-state index is 13.7. The number of hydrogen-bond acceptors (Lipinski definition) is 5. The normalized spacial score (nSPS) is 23.3. The Labute approximate surface area is 145 Å². The van der Waals surface area contributed by atoms with Crippen LogP contribution in [0.5, 0.6) is 0 Å². The fourth-order valence-corrected chi connectivity index (χ4v) is 3.61. The highest BCUT2D eigenvalue weighted by atomic mass is 79.9. The molecule has 1 aromatic heterocycles. The Bertz CT molecular complexity index is 700. The first kappa shape index (κ1) is 16.5. The van der Waals surface area contributed by atoms with Gasteiger partial charge in [0.1, 0.15) is 16.2 Å². The van der Waals surface area contributed by atoms with Crippen LogP contribution in [0.1, 0.15) is 22.5 Å². The monoisotopic (exact) mass is 398 g/mol. The van der Waals surface area contributed by atoms with Crippen LogP contribution in [0, 0.1) is 5.92 Å². The number of nitrogens with one attached hydrogen (secondary N) is 1. The highest BCUT2D eigenvalue weighted by Gasteiger charge is 2.43. The van der Waals surface area contributed by atoms with Gasteiger partial charge in [-0.1, -0.05) is 32.6 Å². The standard InChI is InChI=1S/C15H16BrFN4OS/c16-11-3-1-10(2-4-11)12-13(23-21-20-12)14(22)19-7-9-5-15(17,6-9)8-18/h1-4,9H,5-8,18H2,(H,19,22). The first-order valence-corrected chi connectivity index (χ1v) is 8.83. The molecule has 0 aliphatic heterocycles. The van der Waals surface area contributed by atoms with E-state index in [0.29, 0.717) is 30.0 Å². The minimum Gasteiger partial charge on any atom is -0.351 e. The summed E-state index contributed by atoms with van der Waals surface area (Å²) in [5.74, 6) is -0.0773. The Morgan fingerprint density at radius 2 is 2.13 bits per heavy atom. The summed E-state index contributed by atoms with van der Waals surface area (Å²) in [7, 11) is 0. The Morgan fingerprint density at radius 3 is 2.78 bits per heavy atom. The van der Waals surface area contributed by atoms with Crippen LogP contribution < -0.4 is 11.1 Å². The van der Waals surface area contributed by atoms with E-state index in [0.717, 1.165) is 21.6 Å². The Kier molecular flexibility index (Phi) is 4.74. The molecule has 0 spiro atoms. The number of nitrogens with zero attached hydrogens (tertiary/aromatic N) is 2. The summed E-state index contributed by atoms with van der Waals surface area (Å²) in [6.45, 7) is 0.492. The van der Waals surface area contributed by atoms with Gasteiger partial charge >= 0.3 is 0 Å². The van der Waals surface area contributed by atoms with E-state index in [9.17, 15) is 9.18 Å². The number of carbonyl (C=O) groups is 1. The van der Waals surface area contributed by atoms with Gasteiger partial charge in [0.2, 0.25) is 0 Å². The molecule has 3 rings (SSSR count). The molecule has 0 bridgehead atoms. The maximum Gasteiger partial charge on any atom is 0.265 e. The van der Waals surface area contributed by atoms with Gasteiger partial charge in [0, 0.05) is 23.1 Å². The first-order valence-electron chi connectivity index (χ1n) is 7.26. The van der Waals surface area contributed by atoms with E-state index in [1.165, 1.54) is 0 Å². The Morgan fingerprint density at radius 1 is 1.43 bits per heavy atom. The van der Waals surface area contributed by atoms with E-state index < -0.39 is 5.67 Å². The van der Waals surface area contributed by atoms with Gasteiger partial charge in [-0.3, -0.25) is 4.79 Å². The quantitative estimate of drug-likeness (QED) is 0.810. The molecule has 1 heterocycles. The van der Waals surface area contributed by atoms with Gasteiger partial charge in [0.05, 0.1) is 0 Å². The van der Waals surface area contributed by atoms with Crippen LogP contribution in [0.15, 0.2) is 28.7 Å². The molecule has 2 aromatic rings. The maximum atomic E-state index is 13.7. The van der Waals surface area contributed by atoms with Crippen LogP contribution in [-0.4, -0.2) is 34.3 Å². The second kappa shape index (κ2) is 6.62. The molecule has 3 N–H and O–H groups in total. The van der Waals surface area contributed by atoms with Gasteiger partial charge in [-0.15, -0.1) is 5.10 Å². The average molecular weight is 399 g/mol. The molecule has 0 unspecified atom stereocenters. The van der Waals surface area contributed by atoms with E-state index in [1.54, 1.807) is 0 Å². The molecular formula is C15H16BrFN4OS. The first-order chi connectivity index (χ1) is 11.0. The van der Waals surface area contributed by atoms with E-state index in [4.69, 9.17) is 5.73 Å². The molecule has 0 atom stereocenters. The van der Waals surface area contributed by atoms with E-state index in [2.05, 4.69) is 30.8 Å². The number of amides is 1. The summed E-state index contributed by atoms with van der Waals surface area (Å²) in [4.78, 5) is 12.8. The van der Waals surface area contributed by atoms with Crippen LogP contribution >= 0.6 is 27.5 Å². The fraction of sp³-hybridized carbons (Fsp3) is 0.400. The van der Waals surface area contributed by atoms with Crippen molar-refractivity contribution in [3.8, 4) is 11.3 Å². The number of nitrogens with two attached hydrogens (primary N) is 1. The zero-order valence-corrected chi connectivity index (χ0v) is 14.7. The zero-order chi connectivity index (χ0) is 16.4. The minimum atomic E-state index is -1.25. The van der Waals surface area contributed by atoms with Crippen molar-refractivity contribution in [2.45, 2.75) is 18.5 Å². The third-order valence-corrected chi connectivity index (χ3v) is 5.29. The second-order valence-corrected chi connectivity index (χ2v) is 7.47. The molecule has 23 heavy (non-hydrogen) atoms. The van der Waals surface area contributed by atoms with Crippen LogP contribution in [0.25, 0.3) is 11.3 Å². The van der Waals surface area contributed by atoms with Crippen molar-refractivity contribution in [2.24, 2.45) is 11.7 Å². The number of carbonyl (C=O) groups excluding carboxylic acids is 1. The molecule has 1 amide bonds. The van der Waals surface area contributed by atoms with E-state index in [1.807, 2.05) is 24.3 Å². The zero-order valence-electron chi connectivity index (χ0n) is 12.3. The number of rotatable bonds is 5. The average Bonchev–Trinajstić information content (AvgIpc) is 3.00. The predicted molar refractivity (Wildman–Crippen MR) is 91.0 cm³/mol. The summed E-state index contributed by atoms with van der Waals surface area (Å²) in [6, 6.07) is 7.53. The van der Waals surface area contributed by atoms with Gasteiger partial charge in [-0.05, 0) is 42.4 Å². The van der Waals surface area contributed by atoms with Crippen molar-refractivity contribution in [2.75, 3.05) is 13.1 Å². The third kappa shape index (κ3) is 3.59. The van der Waals surface area contributed by atoms with Crippen LogP contribution in [0.4, 0.5) is 4.39 Å². The highest BCUT2D eigenvalue weighted by molar-refractivity contribution is 9.10. The number of aromatic nitrogens is 2. The van der Waals surface area contributed by atoms with Crippen molar-refractivity contribution < 1.29 is 9.18 Å². The molecule has 0 saturated heterocycles. The lowest BCUT2D eigenvalue weighted by atomic mass is 9.72. The van der Waals surface area contributed by atoms with Crippen molar-refractivity contribution >= 4 is 33.4 Å². The molecule has 1 saturated carbocycles. The summed E-state index contributed by atoms with van der Waals surface area (Å²) in [6.07, 6.45) is 0.814. The second-order valence-electron chi connectivity index (χ2n) is 5.80. The number of hydrogen-bond donors (Lipinski definition) is 2. The van der Waals surface area contributed by atoms with E-state index in [-0.39, 0.29) is 18.4 Å². The molecule has 0 radical (unpaired) electrons. The lowest BCUT2D eigenvalue weighted by Crippen LogP contribution is -2.49. The lowest BCUT2D eigenvalue weighted by Gasteiger charge is -2.40. The minimum absolute atomic E-state index is 0.0456. The van der Waals surface area contributed by atoms with Gasteiger partial charge in [-0.2, -0.15) is 0 Å². The van der Waals surface area contributed by atoms with Crippen molar-refractivity contribution in [3.05, 3.63) is 33.6 Å². The Hall–Kier alpha value is -1.38. The molecule has 1 fully saturated rings. The molecule has 122 valence electrons. The topological polar surface area (TPSA) is 80.9 Å². The molecular weight excluding hydrogens is 383 g/mol. The molecule has 1 aromatic carbocycles. The van der Waals surface area contributed by atoms with Crippen LogP contribution in [0.2, 0.25) is 0 Å². The third-order valence-electron chi connectivity index (χ3n) is 4.04. The van der Waals surface area contributed by atoms with E-state index >= 15 is 0 Å². The molecule has 8 heteroatoms. The molecule has 5 nitrogen and oxygen atoms in total. The summed E-state index contributed by atoms with van der Waals surface area (Å²) >= 11 is 4.43. The molecule has 1 aliphatic carbocycles. The van der Waals surface area contributed by atoms with Gasteiger partial charge in [-0.25, -0.2) is 4.39 Å². The smallest absolute Gasteiger partial charge is 0.265 e. The van der Waals surface area contributed by atoms with Gasteiger partial charge < -0.3 is 11.1 Å². The van der Waals surface area contributed by atoms with Crippen LogP contribution in [-0.2, 0) is 0 Å². The molecule has 1 aliphatic rings.